The minimum absolute atomic E-state index is 0.0565. The lowest BCUT2D eigenvalue weighted by molar-refractivity contribution is -0.157. The maximum atomic E-state index is 14.5. The van der Waals surface area contributed by atoms with Gasteiger partial charge < -0.3 is 27.8 Å². The van der Waals surface area contributed by atoms with Crippen molar-refractivity contribution in [3.63, 3.8) is 0 Å². The molecule has 204 valence electrons. The molecule has 1 saturated heterocycles. The summed E-state index contributed by atoms with van der Waals surface area (Å²) in [5.41, 5.74) is -1.93. The van der Waals surface area contributed by atoms with Crippen LogP contribution in [0.1, 0.15) is 40.3 Å². The van der Waals surface area contributed by atoms with Crippen molar-refractivity contribution >= 4 is 14.9 Å². The number of hydrogen-bond acceptors (Lipinski definition) is 10. The zero-order valence-electron chi connectivity index (χ0n) is 21.7. The third kappa shape index (κ3) is 6.26. The molecule has 0 saturated carbocycles. The zero-order chi connectivity index (χ0) is 27.3. The Kier molecular flexibility index (Phi) is 10.9. The van der Waals surface area contributed by atoms with E-state index in [-0.39, 0.29) is 24.3 Å². The number of nitrogens with one attached hydrogen (secondary N) is 1. The molecule has 0 spiro atoms. The van der Waals surface area contributed by atoms with Gasteiger partial charge in [-0.25, -0.2) is 9.46 Å². The molecule has 1 aliphatic rings. The molecule has 36 heavy (non-hydrogen) atoms. The van der Waals surface area contributed by atoms with Gasteiger partial charge in [0, 0.05) is 57.9 Å². The molecule has 0 radical (unpaired) electrons. The fourth-order valence-corrected chi connectivity index (χ4v) is 8.52. The molecule has 0 amide bonds. The summed E-state index contributed by atoms with van der Waals surface area (Å²) in [5.74, 6) is 0. The number of nitrogens with zero attached hydrogens (tertiary/aromatic N) is 3. The molecule has 1 aromatic heterocycles. The van der Waals surface area contributed by atoms with Gasteiger partial charge in [-0.3, -0.25) is 18.9 Å². The molecule has 0 aliphatic carbocycles. The molecule has 0 aromatic carbocycles. The number of rotatable bonds is 13. The second-order valence-electron chi connectivity index (χ2n) is 8.81. The van der Waals surface area contributed by atoms with E-state index in [1.165, 1.54) is 27.5 Å². The molecule has 0 bridgehead atoms. The summed E-state index contributed by atoms with van der Waals surface area (Å²) in [6, 6.07) is 2.36. The van der Waals surface area contributed by atoms with E-state index >= 15 is 0 Å². The molecule has 2 heterocycles. The van der Waals surface area contributed by atoms with Gasteiger partial charge in [-0.2, -0.15) is 5.26 Å². The number of aromatic amines is 1. The quantitative estimate of drug-likeness (QED) is 0.359. The third-order valence-corrected chi connectivity index (χ3v) is 12.0. The third-order valence-electron chi connectivity index (χ3n) is 6.20. The van der Waals surface area contributed by atoms with Crippen LogP contribution >= 0.6 is 14.9 Å². The first-order valence-corrected chi connectivity index (χ1v) is 15.0. The van der Waals surface area contributed by atoms with E-state index in [4.69, 9.17) is 23.3 Å². The van der Waals surface area contributed by atoms with Crippen LogP contribution in [-0.2, 0) is 32.4 Å². The smallest absolute Gasteiger partial charge is 0.355 e. The van der Waals surface area contributed by atoms with Crippen molar-refractivity contribution in [2.24, 2.45) is 0 Å². The normalized spacial score (nSPS) is 23.0. The molecule has 0 unspecified atom stereocenters. The predicted molar refractivity (Wildman–Crippen MR) is 132 cm³/mol. The van der Waals surface area contributed by atoms with Crippen LogP contribution in [0.4, 0.5) is 0 Å². The largest absolute Gasteiger partial charge is 0.375 e. The Morgan fingerprint density at radius 1 is 1.17 bits per heavy atom. The van der Waals surface area contributed by atoms with Gasteiger partial charge in [0.2, 0.25) is 0 Å². The molecule has 15 heteroatoms. The molecule has 2 rings (SSSR count). The second kappa shape index (κ2) is 12.8. The van der Waals surface area contributed by atoms with Gasteiger partial charge in [0.25, 0.3) is 5.56 Å². The van der Waals surface area contributed by atoms with E-state index in [2.05, 4.69) is 11.1 Å². The van der Waals surface area contributed by atoms with Crippen LogP contribution in [0.5, 0.6) is 0 Å². The van der Waals surface area contributed by atoms with Crippen LogP contribution in [0.25, 0.3) is 0 Å². The molecule has 4 atom stereocenters. The van der Waals surface area contributed by atoms with Gasteiger partial charge >= 0.3 is 13.3 Å². The summed E-state index contributed by atoms with van der Waals surface area (Å²) >= 11 is 0. The molecule has 1 N–H and O–H groups in total. The number of ether oxygens (including phenoxy) is 3. The second-order valence-corrected chi connectivity index (χ2v) is 14.9. The van der Waals surface area contributed by atoms with Crippen LogP contribution in [0, 0.1) is 11.3 Å². The molecular weight excluding hydrogens is 514 g/mol. The van der Waals surface area contributed by atoms with Gasteiger partial charge in [-0.1, -0.05) is 27.7 Å². The number of hydrogen-bond donors (Lipinski definition) is 1. The fourth-order valence-electron chi connectivity index (χ4n) is 4.39. The van der Waals surface area contributed by atoms with Crippen molar-refractivity contribution in [1.82, 2.24) is 14.2 Å². The van der Waals surface area contributed by atoms with Gasteiger partial charge in [0.1, 0.15) is 6.10 Å². The molecular formula is C21H36N4O9P2. The molecule has 1 aromatic rings. The standard InChI is InChI=1S/C21H36N4O9P2/c1-14(2)36(29,15(3)4)25(11-8-10-22)17-18(30-5)19(24-12-9-16(26)23-21(24)27)34-20(17)33-13-35(28,31-6)32-7/h9,12,14-15,17-20H,8,11,13H2,1-7H3,(H,23,26,27)/t17-,18+,19+,20-/m0/s1. The Morgan fingerprint density at radius 3 is 2.25 bits per heavy atom. The average molecular weight is 550 g/mol. The Morgan fingerprint density at radius 2 is 1.78 bits per heavy atom. The number of H-pyrrole nitrogens is 1. The van der Waals surface area contributed by atoms with Crippen molar-refractivity contribution in [1.29, 1.82) is 5.26 Å². The van der Waals surface area contributed by atoms with Gasteiger partial charge in [-0.15, -0.1) is 0 Å². The monoisotopic (exact) mass is 550 g/mol. The molecule has 13 nitrogen and oxygen atoms in total. The summed E-state index contributed by atoms with van der Waals surface area (Å²) in [6.07, 6.45) is -2.41. The van der Waals surface area contributed by atoms with Crippen molar-refractivity contribution in [2.75, 3.05) is 34.2 Å². The van der Waals surface area contributed by atoms with Crippen molar-refractivity contribution in [3.05, 3.63) is 33.1 Å². The topological polar surface area (TPSA) is 162 Å². The van der Waals surface area contributed by atoms with E-state index in [0.29, 0.717) is 0 Å². The zero-order valence-corrected chi connectivity index (χ0v) is 23.4. The Hall–Kier alpha value is -1.61. The molecule has 1 fully saturated rings. The maximum Gasteiger partial charge on any atom is 0.355 e. The molecule has 1 aliphatic heterocycles. The van der Waals surface area contributed by atoms with Crippen molar-refractivity contribution < 1.29 is 32.4 Å². The summed E-state index contributed by atoms with van der Waals surface area (Å²) in [6.45, 7) is 7.45. The van der Waals surface area contributed by atoms with Gasteiger partial charge in [0.05, 0.1) is 12.1 Å². The van der Waals surface area contributed by atoms with Crippen molar-refractivity contribution in [2.45, 2.75) is 70.1 Å². The van der Waals surface area contributed by atoms with E-state index < -0.39 is 57.1 Å². The first-order chi connectivity index (χ1) is 16.9. The Balaban J connectivity index is 2.67. The van der Waals surface area contributed by atoms with Crippen LogP contribution in [0.2, 0.25) is 0 Å². The minimum Gasteiger partial charge on any atom is -0.375 e. The lowest BCUT2D eigenvalue weighted by atomic mass is 10.1. The van der Waals surface area contributed by atoms with Crippen LogP contribution < -0.4 is 11.2 Å². The summed E-state index contributed by atoms with van der Waals surface area (Å²) in [7, 11) is -2.98. The highest BCUT2D eigenvalue weighted by Crippen LogP contribution is 2.61. The fraction of sp³-hybridized carbons (Fsp3) is 0.762. The average Bonchev–Trinajstić information content (AvgIpc) is 3.20. The van der Waals surface area contributed by atoms with Crippen LogP contribution in [-0.4, -0.2) is 78.2 Å². The van der Waals surface area contributed by atoms with E-state index in [0.717, 1.165) is 10.6 Å². The van der Waals surface area contributed by atoms with E-state index in [9.17, 15) is 24.0 Å². The first kappa shape index (κ1) is 30.6. The van der Waals surface area contributed by atoms with Crippen LogP contribution in [0.3, 0.4) is 0 Å². The number of nitriles is 1. The van der Waals surface area contributed by atoms with Crippen LogP contribution in [0.15, 0.2) is 21.9 Å². The minimum atomic E-state index is -3.63. The first-order valence-electron chi connectivity index (χ1n) is 11.5. The summed E-state index contributed by atoms with van der Waals surface area (Å²) in [5, 5.41) is 9.35. The van der Waals surface area contributed by atoms with E-state index in [1.54, 1.807) is 4.67 Å². The predicted octanol–water partition coefficient (Wildman–Crippen LogP) is 2.55. The number of methoxy groups -OCH3 is 1. The maximum absolute atomic E-state index is 14.5. The Labute approximate surface area is 210 Å². The van der Waals surface area contributed by atoms with Crippen molar-refractivity contribution in [3.8, 4) is 6.07 Å². The summed E-state index contributed by atoms with van der Waals surface area (Å²) in [4.78, 5) is 26.4. The van der Waals surface area contributed by atoms with E-state index in [1.807, 2.05) is 27.7 Å². The van der Waals surface area contributed by atoms with Gasteiger partial charge in [0.15, 0.2) is 26.2 Å². The lowest BCUT2D eigenvalue weighted by Crippen LogP contribution is -2.50. The lowest BCUT2D eigenvalue weighted by Gasteiger charge is -2.43. The number of aromatic nitrogens is 2. The van der Waals surface area contributed by atoms with Gasteiger partial charge in [-0.05, 0) is 0 Å². The summed E-state index contributed by atoms with van der Waals surface area (Å²) < 4.78 is 57.7. The highest BCUT2D eigenvalue weighted by atomic mass is 31.2. The SMILES string of the molecule is CO[C@@H]1[C@H](N(CCC#N)P(=O)(C(C)C)C(C)C)[C@@H](OCP(=O)(OC)OC)O[C@H]1n1ccc(=O)[nH]c1=O. The Bertz CT molecular complexity index is 1110. The highest BCUT2D eigenvalue weighted by Gasteiger charge is 2.55. The highest BCUT2D eigenvalue weighted by molar-refractivity contribution is 7.62.